The van der Waals surface area contributed by atoms with Crippen LogP contribution < -0.4 is 10.0 Å². The molecule has 2 aromatic rings. The first-order valence-corrected chi connectivity index (χ1v) is 9.02. The summed E-state index contributed by atoms with van der Waals surface area (Å²) in [7, 11) is -3.80. The summed E-state index contributed by atoms with van der Waals surface area (Å²) >= 11 is 0. The van der Waals surface area contributed by atoms with Gasteiger partial charge in [-0.1, -0.05) is 17.3 Å². The van der Waals surface area contributed by atoms with Gasteiger partial charge in [-0.2, -0.15) is 0 Å². The molecule has 0 atom stereocenters. The third-order valence-corrected chi connectivity index (χ3v) is 5.14. The van der Waals surface area contributed by atoms with Gasteiger partial charge in [0.1, 0.15) is 10.6 Å². The highest BCUT2D eigenvalue weighted by Gasteiger charge is 2.23. The summed E-state index contributed by atoms with van der Waals surface area (Å²) in [5.74, 6) is -0.291. The smallest absolute Gasteiger partial charge is 0.245 e. The molecule has 2 rings (SSSR count). The Bertz CT molecular complexity index is 883. The number of nitrogens with zero attached hydrogens (tertiary/aromatic N) is 1. The summed E-state index contributed by atoms with van der Waals surface area (Å²) in [5.41, 5.74) is 1.22. The zero-order valence-electron chi connectivity index (χ0n) is 14.1. The fraction of sp³-hybridized carbons (Fsp3) is 0.312. The third kappa shape index (κ3) is 4.74. The normalized spacial score (nSPS) is 11.3. The number of hydrogen-bond donors (Lipinski definition) is 2. The van der Waals surface area contributed by atoms with Gasteiger partial charge in [-0.25, -0.2) is 13.1 Å². The molecule has 2 N–H and O–H groups in total. The highest BCUT2D eigenvalue weighted by Crippen LogP contribution is 2.18. The molecule has 0 fully saturated rings. The van der Waals surface area contributed by atoms with Crippen LogP contribution in [0.4, 0.5) is 5.69 Å². The highest BCUT2D eigenvalue weighted by atomic mass is 32.2. The number of Topliss-reactive ketones (excluding diaryl/α,β-unsaturated/α-hetero) is 1. The van der Waals surface area contributed by atoms with Gasteiger partial charge < -0.3 is 9.84 Å². The van der Waals surface area contributed by atoms with E-state index in [2.05, 4.69) is 15.2 Å². The van der Waals surface area contributed by atoms with Crippen molar-refractivity contribution >= 4 is 27.4 Å². The van der Waals surface area contributed by atoms with Gasteiger partial charge in [0.15, 0.2) is 11.5 Å². The number of sulfonamides is 1. The van der Waals surface area contributed by atoms with Crippen LogP contribution >= 0.6 is 0 Å². The molecule has 1 amide bonds. The lowest BCUT2D eigenvalue weighted by molar-refractivity contribution is -0.116. The number of anilines is 1. The van der Waals surface area contributed by atoms with Crippen LogP contribution in [-0.4, -0.2) is 31.8 Å². The van der Waals surface area contributed by atoms with Gasteiger partial charge in [-0.05, 0) is 32.9 Å². The summed E-state index contributed by atoms with van der Waals surface area (Å²) in [5, 5.41) is 6.23. The van der Waals surface area contributed by atoms with Gasteiger partial charge in [0, 0.05) is 24.2 Å². The molecule has 134 valence electrons. The van der Waals surface area contributed by atoms with Crippen LogP contribution in [0.15, 0.2) is 33.7 Å². The minimum absolute atomic E-state index is 0.0120. The second-order valence-electron chi connectivity index (χ2n) is 5.49. The largest absolute Gasteiger partial charge is 0.360 e. The van der Waals surface area contributed by atoms with Crippen LogP contribution in [0.5, 0.6) is 0 Å². The quantitative estimate of drug-likeness (QED) is 0.722. The summed E-state index contributed by atoms with van der Waals surface area (Å²) in [4.78, 5) is 23.3. The van der Waals surface area contributed by atoms with Crippen LogP contribution in [0, 0.1) is 13.8 Å². The fourth-order valence-electron chi connectivity index (χ4n) is 2.27. The first-order valence-electron chi connectivity index (χ1n) is 7.54. The van der Waals surface area contributed by atoms with Gasteiger partial charge in [-0.15, -0.1) is 0 Å². The molecule has 9 heteroatoms. The fourth-order valence-corrected chi connectivity index (χ4v) is 3.63. The van der Waals surface area contributed by atoms with Gasteiger partial charge in [-0.3, -0.25) is 9.59 Å². The molecule has 1 aromatic carbocycles. The van der Waals surface area contributed by atoms with E-state index >= 15 is 0 Å². The maximum Gasteiger partial charge on any atom is 0.245 e. The van der Waals surface area contributed by atoms with E-state index < -0.39 is 10.0 Å². The molecular formula is C16H19N3O5S. The minimum Gasteiger partial charge on any atom is -0.360 e. The lowest BCUT2D eigenvalue weighted by atomic mass is 10.1. The molecule has 1 heterocycles. The number of benzene rings is 1. The number of aromatic nitrogens is 1. The molecule has 0 aliphatic heterocycles. The van der Waals surface area contributed by atoms with Gasteiger partial charge in [0.2, 0.25) is 15.9 Å². The Morgan fingerprint density at radius 2 is 1.96 bits per heavy atom. The predicted octanol–water partition coefficient (Wildman–Crippen LogP) is 1.80. The Morgan fingerprint density at radius 3 is 2.56 bits per heavy atom. The van der Waals surface area contributed by atoms with Crippen molar-refractivity contribution in [2.24, 2.45) is 0 Å². The van der Waals surface area contributed by atoms with Crippen molar-refractivity contribution in [2.45, 2.75) is 32.1 Å². The molecule has 0 unspecified atom stereocenters. The minimum atomic E-state index is -3.80. The molecule has 0 saturated heterocycles. The number of nitrogens with one attached hydrogen (secondary N) is 2. The van der Waals surface area contributed by atoms with E-state index in [1.165, 1.54) is 20.8 Å². The summed E-state index contributed by atoms with van der Waals surface area (Å²) in [6.45, 7) is 4.39. The maximum atomic E-state index is 12.2. The lowest BCUT2D eigenvalue weighted by Gasteiger charge is -2.08. The van der Waals surface area contributed by atoms with E-state index in [1.54, 1.807) is 24.3 Å². The van der Waals surface area contributed by atoms with Gasteiger partial charge >= 0.3 is 0 Å². The zero-order chi connectivity index (χ0) is 18.6. The van der Waals surface area contributed by atoms with Crippen molar-refractivity contribution in [2.75, 3.05) is 11.9 Å². The predicted molar refractivity (Wildman–Crippen MR) is 90.9 cm³/mol. The Balaban J connectivity index is 1.92. The SMILES string of the molecule is CC(=O)c1cccc(NC(=O)CCNS(=O)(=O)c2c(C)noc2C)c1. The standard InChI is InChI=1S/C16H19N3O5S/c1-10-16(12(3)24-19-10)25(22,23)17-8-7-15(21)18-14-6-4-5-13(9-14)11(2)20/h4-6,9,17H,7-8H2,1-3H3,(H,18,21). The van der Waals surface area contributed by atoms with Crippen molar-refractivity contribution in [3.8, 4) is 0 Å². The van der Waals surface area contributed by atoms with Crippen molar-refractivity contribution < 1.29 is 22.5 Å². The Hall–Kier alpha value is -2.52. The van der Waals surface area contributed by atoms with Crippen LogP contribution in [0.25, 0.3) is 0 Å². The Labute approximate surface area is 145 Å². The number of hydrogen-bond acceptors (Lipinski definition) is 6. The second-order valence-corrected chi connectivity index (χ2v) is 7.19. The summed E-state index contributed by atoms with van der Waals surface area (Å²) in [6, 6.07) is 6.52. The lowest BCUT2D eigenvalue weighted by Crippen LogP contribution is -2.28. The first kappa shape index (κ1) is 18.8. The molecule has 1 aromatic heterocycles. The molecule has 8 nitrogen and oxygen atoms in total. The second kappa shape index (κ2) is 7.58. The summed E-state index contributed by atoms with van der Waals surface area (Å²) < 4.78 is 31.6. The number of amides is 1. The van der Waals surface area contributed by atoms with Crippen LogP contribution in [0.3, 0.4) is 0 Å². The van der Waals surface area contributed by atoms with E-state index in [0.717, 1.165) is 0 Å². The molecule has 0 bridgehead atoms. The zero-order valence-corrected chi connectivity index (χ0v) is 14.9. The Kier molecular flexibility index (Phi) is 5.70. The monoisotopic (exact) mass is 365 g/mol. The van der Waals surface area contributed by atoms with E-state index in [0.29, 0.717) is 11.3 Å². The average molecular weight is 365 g/mol. The maximum absolute atomic E-state index is 12.2. The van der Waals surface area contributed by atoms with Gasteiger partial charge in [0.25, 0.3) is 0 Å². The summed E-state index contributed by atoms with van der Waals surface area (Å²) in [6.07, 6.45) is -0.0626. The molecule has 0 aliphatic carbocycles. The molecule has 0 aliphatic rings. The van der Waals surface area contributed by atoms with E-state index in [-0.39, 0.29) is 41.0 Å². The van der Waals surface area contributed by atoms with Crippen molar-refractivity contribution in [3.05, 3.63) is 41.3 Å². The average Bonchev–Trinajstić information content (AvgIpc) is 2.87. The number of ketones is 1. The molecular weight excluding hydrogens is 346 g/mol. The van der Waals surface area contributed by atoms with E-state index in [4.69, 9.17) is 4.52 Å². The van der Waals surface area contributed by atoms with Crippen molar-refractivity contribution in [1.29, 1.82) is 0 Å². The number of rotatable bonds is 7. The molecule has 25 heavy (non-hydrogen) atoms. The number of carbonyl (C=O) groups is 2. The van der Waals surface area contributed by atoms with Crippen molar-refractivity contribution in [1.82, 2.24) is 9.88 Å². The van der Waals surface area contributed by atoms with Crippen molar-refractivity contribution in [3.63, 3.8) is 0 Å². The molecule has 0 spiro atoms. The number of aryl methyl sites for hydroxylation is 2. The van der Waals surface area contributed by atoms with Gasteiger partial charge in [0.05, 0.1) is 0 Å². The van der Waals surface area contributed by atoms with Crippen LogP contribution in [-0.2, 0) is 14.8 Å². The van der Waals surface area contributed by atoms with E-state index in [1.807, 2.05) is 0 Å². The molecule has 0 saturated carbocycles. The third-order valence-electron chi connectivity index (χ3n) is 3.43. The number of carbonyl (C=O) groups excluding carboxylic acids is 2. The molecule has 0 radical (unpaired) electrons. The highest BCUT2D eigenvalue weighted by molar-refractivity contribution is 7.89. The first-order chi connectivity index (χ1) is 11.7. The van der Waals surface area contributed by atoms with Crippen LogP contribution in [0.1, 0.15) is 35.2 Å². The topological polar surface area (TPSA) is 118 Å². The Morgan fingerprint density at radius 1 is 1.24 bits per heavy atom. The van der Waals surface area contributed by atoms with E-state index in [9.17, 15) is 18.0 Å². The van der Waals surface area contributed by atoms with Crippen LogP contribution in [0.2, 0.25) is 0 Å².